The van der Waals surface area contributed by atoms with Gasteiger partial charge < -0.3 is 10.2 Å². The van der Waals surface area contributed by atoms with Crippen LogP contribution >= 0.6 is 0 Å². The van der Waals surface area contributed by atoms with Gasteiger partial charge in [-0.3, -0.25) is 0 Å². The Labute approximate surface area is 128 Å². The maximum Gasteiger partial charge on any atom is 0.453 e. The summed E-state index contributed by atoms with van der Waals surface area (Å²) in [7, 11) is 0. The zero-order chi connectivity index (χ0) is 17.3. The van der Waals surface area contributed by atoms with Crippen LogP contribution in [0.2, 0.25) is 0 Å². The molecule has 0 bridgehead atoms. The maximum absolute atomic E-state index is 13.9. The summed E-state index contributed by atoms with van der Waals surface area (Å²) in [6, 6.07) is 9.21. The predicted molar refractivity (Wildman–Crippen MR) is 73.7 cm³/mol. The highest BCUT2D eigenvalue weighted by Gasteiger charge is 2.62. The van der Waals surface area contributed by atoms with Crippen LogP contribution in [0.4, 0.5) is 22.0 Å². The summed E-state index contributed by atoms with van der Waals surface area (Å²) in [5, 5.41) is 18.4. The van der Waals surface area contributed by atoms with E-state index in [1.807, 2.05) is 0 Å². The smallest absolute Gasteiger partial charge is 0.453 e. The fourth-order valence-electron chi connectivity index (χ4n) is 2.23. The Morgan fingerprint density at radius 2 is 1.17 bits per heavy atom. The van der Waals surface area contributed by atoms with Gasteiger partial charge in [-0.15, -0.1) is 0 Å². The highest BCUT2D eigenvalue weighted by atomic mass is 19.4. The van der Waals surface area contributed by atoms with Gasteiger partial charge in [-0.1, -0.05) is 24.3 Å². The van der Waals surface area contributed by atoms with Crippen molar-refractivity contribution in [2.75, 3.05) is 0 Å². The Hall–Kier alpha value is -2.31. The van der Waals surface area contributed by atoms with Crippen LogP contribution in [0.3, 0.4) is 0 Å². The molecule has 0 aliphatic carbocycles. The van der Waals surface area contributed by atoms with Gasteiger partial charge in [-0.05, 0) is 41.8 Å². The zero-order valence-corrected chi connectivity index (χ0v) is 11.7. The molecule has 2 aromatic rings. The quantitative estimate of drug-likeness (QED) is 0.802. The van der Waals surface area contributed by atoms with E-state index in [1.165, 1.54) is 24.3 Å². The van der Waals surface area contributed by atoms with Crippen LogP contribution in [0.15, 0.2) is 48.5 Å². The van der Waals surface area contributed by atoms with Gasteiger partial charge in [0.25, 0.3) is 0 Å². The number of halogens is 5. The van der Waals surface area contributed by atoms with Crippen LogP contribution in [0.1, 0.15) is 17.0 Å². The van der Waals surface area contributed by atoms with Crippen molar-refractivity contribution in [3.8, 4) is 11.5 Å². The lowest BCUT2D eigenvalue weighted by Gasteiger charge is -2.29. The van der Waals surface area contributed by atoms with Crippen molar-refractivity contribution in [3.63, 3.8) is 0 Å². The molecule has 2 rings (SSSR count). The lowest BCUT2D eigenvalue weighted by molar-refractivity contribution is -0.291. The Kier molecular flexibility index (Phi) is 4.49. The second-order valence-electron chi connectivity index (χ2n) is 5.14. The molecular formula is C16H13F5O2. The highest BCUT2D eigenvalue weighted by molar-refractivity contribution is 5.33. The summed E-state index contributed by atoms with van der Waals surface area (Å²) in [6.07, 6.45) is -6.27. The van der Waals surface area contributed by atoms with Gasteiger partial charge >= 0.3 is 12.1 Å². The SMILES string of the molecule is Oc1ccc(CC(c2ccc(O)cc2)C(F)(F)C(F)(F)F)cc1. The van der Waals surface area contributed by atoms with Crippen molar-refractivity contribution in [2.45, 2.75) is 24.4 Å². The molecule has 124 valence electrons. The van der Waals surface area contributed by atoms with E-state index < -0.39 is 24.4 Å². The van der Waals surface area contributed by atoms with Crippen LogP contribution in [0.5, 0.6) is 11.5 Å². The summed E-state index contributed by atoms with van der Waals surface area (Å²) in [4.78, 5) is 0. The third-order valence-corrected chi connectivity index (χ3v) is 3.49. The molecule has 0 saturated carbocycles. The van der Waals surface area contributed by atoms with Crippen LogP contribution in [-0.4, -0.2) is 22.3 Å². The van der Waals surface area contributed by atoms with Gasteiger partial charge in [0.1, 0.15) is 11.5 Å². The molecule has 23 heavy (non-hydrogen) atoms. The van der Waals surface area contributed by atoms with Crippen LogP contribution in [0.25, 0.3) is 0 Å². The Balaban J connectivity index is 2.42. The van der Waals surface area contributed by atoms with E-state index in [2.05, 4.69) is 0 Å². The van der Waals surface area contributed by atoms with Crippen molar-refractivity contribution in [2.24, 2.45) is 0 Å². The van der Waals surface area contributed by atoms with Crippen molar-refractivity contribution in [1.82, 2.24) is 0 Å². The molecule has 0 spiro atoms. The second kappa shape index (κ2) is 6.06. The average molecular weight is 332 g/mol. The largest absolute Gasteiger partial charge is 0.508 e. The first-order valence-corrected chi connectivity index (χ1v) is 6.62. The Morgan fingerprint density at radius 3 is 1.61 bits per heavy atom. The first-order chi connectivity index (χ1) is 10.6. The molecule has 7 heteroatoms. The zero-order valence-electron chi connectivity index (χ0n) is 11.7. The highest BCUT2D eigenvalue weighted by Crippen LogP contribution is 2.47. The fraction of sp³-hybridized carbons (Fsp3) is 0.250. The summed E-state index contributed by atoms with van der Waals surface area (Å²) in [5.41, 5.74) is -0.0111. The second-order valence-corrected chi connectivity index (χ2v) is 5.14. The Bertz CT molecular complexity index is 648. The molecular weight excluding hydrogens is 319 g/mol. The molecule has 0 aromatic heterocycles. The molecule has 0 aliphatic rings. The predicted octanol–water partition coefficient (Wildman–Crippen LogP) is 4.62. The van der Waals surface area contributed by atoms with Gasteiger partial charge in [0.05, 0.1) is 5.92 Å². The van der Waals surface area contributed by atoms with Gasteiger partial charge in [0, 0.05) is 0 Å². The van der Waals surface area contributed by atoms with E-state index in [-0.39, 0.29) is 22.6 Å². The minimum absolute atomic E-state index is 0.113. The van der Waals surface area contributed by atoms with Crippen LogP contribution in [0, 0.1) is 0 Å². The van der Waals surface area contributed by atoms with Gasteiger partial charge in [0.2, 0.25) is 0 Å². The van der Waals surface area contributed by atoms with Crippen molar-refractivity contribution in [3.05, 3.63) is 59.7 Å². The lowest BCUT2D eigenvalue weighted by Crippen LogP contribution is -2.43. The molecule has 0 amide bonds. The first-order valence-electron chi connectivity index (χ1n) is 6.62. The van der Waals surface area contributed by atoms with E-state index >= 15 is 0 Å². The molecule has 0 radical (unpaired) electrons. The number of phenols is 2. The molecule has 2 N–H and O–H groups in total. The third-order valence-electron chi connectivity index (χ3n) is 3.49. The summed E-state index contributed by atoms with van der Waals surface area (Å²) < 4.78 is 66.1. The van der Waals surface area contributed by atoms with Crippen molar-refractivity contribution >= 4 is 0 Å². The van der Waals surface area contributed by atoms with E-state index in [0.717, 1.165) is 24.3 Å². The normalized spacial score (nSPS) is 13.8. The molecule has 0 aliphatic heterocycles. The number of hydrogen-bond donors (Lipinski definition) is 2. The number of alkyl halides is 5. The van der Waals surface area contributed by atoms with Gasteiger partial charge in [-0.2, -0.15) is 22.0 Å². The summed E-state index contributed by atoms with van der Waals surface area (Å²) in [5.74, 6) is -7.43. The van der Waals surface area contributed by atoms with Crippen LogP contribution < -0.4 is 0 Å². The monoisotopic (exact) mass is 332 g/mol. The molecule has 0 fully saturated rings. The molecule has 1 atom stereocenters. The van der Waals surface area contributed by atoms with E-state index in [0.29, 0.717) is 0 Å². The molecule has 0 saturated heterocycles. The lowest BCUT2D eigenvalue weighted by atomic mass is 9.86. The van der Waals surface area contributed by atoms with Crippen molar-refractivity contribution in [1.29, 1.82) is 0 Å². The van der Waals surface area contributed by atoms with Gasteiger partial charge in [0.15, 0.2) is 0 Å². The minimum atomic E-state index is -5.70. The first kappa shape index (κ1) is 17.1. The van der Waals surface area contributed by atoms with E-state index in [4.69, 9.17) is 0 Å². The molecule has 2 nitrogen and oxygen atoms in total. The number of rotatable bonds is 4. The molecule has 2 aromatic carbocycles. The van der Waals surface area contributed by atoms with Crippen LogP contribution in [-0.2, 0) is 6.42 Å². The average Bonchev–Trinajstić information content (AvgIpc) is 2.46. The fourth-order valence-corrected chi connectivity index (χ4v) is 2.23. The Morgan fingerprint density at radius 1 is 0.739 bits per heavy atom. The summed E-state index contributed by atoms with van der Waals surface area (Å²) in [6.45, 7) is 0. The van der Waals surface area contributed by atoms with Gasteiger partial charge in [-0.25, -0.2) is 0 Å². The summed E-state index contributed by atoms with van der Waals surface area (Å²) >= 11 is 0. The molecule has 1 unspecified atom stereocenters. The number of hydrogen-bond acceptors (Lipinski definition) is 2. The standard InChI is InChI=1S/C16H13F5O2/c17-15(18,16(19,20)21)14(11-3-7-13(23)8-4-11)9-10-1-5-12(22)6-2-10/h1-8,14,22-23H,9H2. The topological polar surface area (TPSA) is 40.5 Å². The number of phenolic OH excluding ortho intramolecular Hbond substituents is 2. The number of aromatic hydroxyl groups is 2. The minimum Gasteiger partial charge on any atom is -0.508 e. The van der Waals surface area contributed by atoms with E-state index in [1.54, 1.807) is 0 Å². The maximum atomic E-state index is 13.9. The molecule has 0 heterocycles. The number of benzene rings is 2. The van der Waals surface area contributed by atoms with Crippen molar-refractivity contribution < 1.29 is 32.2 Å². The third kappa shape index (κ3) is 3.72. The van der Waals surface area contributed by atoms with E-state index in [9.17, 15) is 32.2 Å².